The van der Waals surface area contributed by atoms with Crippen molar-refractivity contribution in [3.63, 3.8) is 0 Å². The molecule has 0 atom stereocenters. The van der Waals surface area contributed by atoms with Crippen LogP contribution in [0.3, 0.4) is 0 Å². The second-order valence-electron chi connectivity index (χ2n) is 4.61. The van der Waals surface area contributed by atoms with Crippen LogP contribution in [-0.2, 0) is 0 Å². The molecule has 0 bridgehead atoms. The average Bonchev–Trinajstić information content (AvgIpc) is 2.42. The van der Waals surface area contributed by atoms with E-state index in [4.69, 9.17) is 0 Å². The molecule has 1 heterocycles. The maximum atomic E-state index is 12.6. The first-order chi connectivity index (χ1) is 8.68. The summed E-state index contributed by atoms with van der Waals surface area (Å²) in [5.41, 5.74) is 1.39. The fourth-order valence-electron chi connectivity index (χ4n) is 2.63. The van der Waals surface area contributed by atoms with E-state index >= 15 is 0 Å². The van der Waals surface area contributed by atoms with Gasteiger partial charge < -0.3 is 10.2 Å². The van der Waals surface area contributed by atoms with Gasteiger partial charge in [0.25, 0.3) is 5.91 Å². The van der Waals surface area contributed by atoms with E-state index in [1.165, 1.54) is 0 Å². The number of carbonyl (C=O) groups excluding carboxylic acids is 1. The number of anilines is 1. The molecule has 0 spiro atoms. The van der Waals surface area contributed by atoms with E-state index in [-0.39, 0.29) is 11.6 Å². The van der Waals surface area contributed by atoms with E-state index in [1.54, 1.807) is 6.08 Å². The molecular weight excluding hydrogens is 224 g/mol. The summed E-state index contributed by atoms with van der Waals surface area (Å²) in [6.45, 7) is 8.54. The summed E-state index contributed by atoms with van der Waals surface area (Å²) in [7, 11) is 0. The van der Waals surface area contributed by atoms with Gasteiger partial charge in [0.2, 0.25) is 0 Å². The zero-order valence-electron chi connectivity index (χ0n) is 11.1. The Kier molecular flexibility index (Phi) is 3.41. The maximum absolute atomic E-state index is 12.6. The molecular formula is C15H20N2O. The quantitative estimate of drug-likeness (QED) is 0.824. The van der Waals surface area contributed by atoms with Gasteiger partial charge in [0.1, 0.15) is 5.66 Å². The maximum Gasteiger partial charge on any atom is 0.258 e. The molecule has 0 saturated carbocycles. The summed E-state index contributed by atoms with van der Waals surface area (Å²) in [6.07, 6.45) is 3.53. The summed E-state index contributed by atoms with van der Waals surface area (Å²) >= 11 is 0. The molecule has 0 unspecified atom stereocenters. The van der Waals surface area contributed by atoms with Gasteiger partial charge in [-0.15, -0.1) is 6.58 Å². The molecule has 0 fully saturated rings. The molecule has 1 amide bonds. The molecule has 0 aliphatic carbocycles. The van der Waals surface area contributed by atoms with Gasteiger partial charge in [0.05, 0.1) is 5.56 Å². The number of carbonyl (C=O) groups is 1. The standard InChI is InChI=1S/C15H20N2O/c1-4-11-17-14(18)12-9-7-8-10-13(12)16-15(17,5-2)6-3/h4,7-10,16H,1,5-6,11H2,2-3H3. The predicted molar refractivity (Wildman–Crippen MR) is 74.6 cm³/mol. The van der Waals surface area contributed by atoms with Gasteiger partial charge in [0.15, 0.2) is 0 Å². The minimum absolute atomic E-state index is 0.0907. The molecule has 0 radical (unpaired) electrons. The van der Waals surface area contributed by atoms with Gasteiger partial charge in [-0.2, -0.15) is 0 Å². The Labute approximate surface area is 108 Å². The molecule has 1 aromatic carbocycles. The first kappa shape index (κ1) is 12.7. The second kappa shape index (κ2) is 4.84. The lowest BCUT2D eigenvalue weighted by Crippen LogP contribution is -2.59. The number of nitrogens with one attached hydrogen (secondary N) is 1. The number of para-hydroxylation sites is 1. The van der Waals surface area contributed by atoms with Crippen LogP contribution < -0.4 is 5.32 Å². The Morgan fingerprint density at radius 1 is 1.33 bits per heavy atom. The largest absolute Gasteiger partial charge is 0.362 e. The number of benzene rings is 1. The zero-order chi connectivity index (χ0) is 13.2. The van der Waals surface area contributed by atoms with Crippen molar-refractivity contribution in [3.05, 3.63) is 42.5 Å². The topological polar surface area (TPSA) is 32.3 Å². The van der Waals surface area contributed by atoms with Crippen molar-refractivity contribution in [2.45, 2.75) is 32.4 Å². The highest BCUT2D eigenvalue weighted by molar-refractivity contribution is 6.02. The molecule has 1 N–H and O–H groups in total. The van der Waals surface area contributed by atoms with Crippen LogP contribution >= 0.6 is 0 Å². The van der Waals surface area contributed by atoms with Crippen molar-refractivity contribution < 1.29 is 4.79 Å². The Hall–Kier alpha value is -1.77. The highest BCUT2D eigenvalue weighted by atomic mass is 16.2. The summed E-state index contributed by atoms with van der Waals surface area (Å²) in [5, 5.41) is 3.53. The van der Waals surface area contributed by atoms with Crippen LogP contribution in [0.5, 0.6) is 0 Å². The van der Waals surface area contributed by atoms with Gasteiger partial charge in [-0.05, 0) is 25.0 Å². The highest BCUT2D eigenvalue weighted by Crippen LogP contribution is 2.35. The third-order valence-electron chi connectivity index (χ3n) is 3.77. The lowest BCUT2D eigenvalue weighted by atomic mass is 9.94. The van der Waals surface area contributed by atoms with Crippen molar-refractivity contribution >= 4 is 11.6 Å². The van der Waals surface area contributed by atoms with Crippen molar-refractivity contribution in [1.82, 2.24) is 4.90 Å². The Bertz CT molecular complexity index is 463. The van der Waals surface area contributed by atoms with Crippen LogP contribution in [0.2, 0.25) is 0 Å². The Morgan fingerprint density at radius 3 is 2.61 bits per heavy atom. The molecule has 18 heavy (non-hydrogen) atoms. The summed E-state index contributed by atoms with van der Waals surface area (Å²) in [4.78, 5) is 14.5. The van der Waals surface area contributed by atoms with Crippen molar-refractivity contribution in [2.75, 3.05) is 11.9 Å². The van der Waals surface area contributed by atoms with Crippen molar-refractivity contribution in [2.24, 2.45) is 0 Å². The normalized spacial score (nSPS) is 17.0. The number of hydrogen-bond donors (Lipinski definition) is 1. The van der Waals surface area contributed by atoms with Crippen LogP contribution in [0.1, 0.15) is 37.0 Å². The number of rotatable bonds is 4. The molecule has 96 valence electrons. The SMILES string of the molecule is C=CCN1C(=O)c2ccccc2NC1(CC)CC. The van der Waals surface area contributed by atoms with Crippen LogP contribution in [0, 0.1) is 0 Å². The van der Waals surface area contributed by atoms with Crippen LogP contribution in [-0.4, -0.2) is 23.0 Å². The molecule has 3 heteroatoms. The van der Waals surface area contributed by atoms with Gasteiger partial charge in [-0.3, -0.25) is 4.79 Å². The number of fused-ring (bicyclic) bond motifs is 1. The number of nitrogens with zero attached hydrogens (tertiary/aromatic N) is 1. The fourth-order valence-corrected chi connectivity index (χ4v) is 2.63. The van der Waals surface area contributed by atoms with Gasteiger partial charge >= 0.3 is 0 Å². The van der Waals surface area contributed by atoms with E-state index in [1.807, 2.05) is 29.2 Å². The number of amides is 1. The number of hydrogen-bond acceptors (Lipinski definition) is 2. The lowest BCUT2D eigenvalue weighted by Gasteiger charge is -2.47. The van der Waals surface area contributed by atoms with Gasteiger partial charge in [-0.25, -0.2) is 0 Å². The van der Waals surface area contributed by atoms with E-state index < -0.39 is 0 Å². The zero-order valence-corrected chi connectivity index (χ0v) is 11.1. The molecule has 3 nitrogen and oxygen atoms in total. The van der Waals surface area contributed by atoms with Crippen LogP contribution in [0.25, 0.3) is 0 Å². The second-order valence-corrected chi connectivity index (χ2v) is 4.61. The van der Waals surface area contributed by atoms with Crippen LogP contribution in [0.4, 0.5) is 5.69 Å². The molecule has 1 aliphatic heterocycles. The molecule has 0 saturated heterocycles. The van der Waals surface area contributed by atoms with E-state index in [0.717, 1.165) is 24.1 Å². The monoisotopic (exact) mass is 244 g/mol. The Morgan fingerprint density at radius 2 is 2.00 bits per heavy atom. The van der Waals surface area contributed by atoms with E-state index in [2.05, 4.69) is 25.7 Å². The fraction of sp³-hybridized carbons (Fsp3) is 0.400. The first-order valence-electron chi connectivity index (χ1n) is 6.48. The third kappa shape index (κ3) is 1.80. The third-order valence-corrected chi connectivity index (χ3v) is 3.77. The lowest BCUT2D eigenvalue weighted by molar-refractivity contribution is 0.0523. The van der Waals surface area contributed by atoms with Gasteiger partial charge in [0, 0.05) is 12.2 Å². The summed E-state index contributed by atoms with van der Waals surface area (Å²) < 4.78 is 0. The summed E-state index contributed by atoms with van der Waals surface area (Å²) in [6, 6.07) is 7.70. The molecule has 2 rings (SSSR count). The minimum atomic E-state index is -0.292. The average molecular weight is 244 g/mol. The molecule has 1 aliphatic rings. The predicted octanol–water partition coefficient (Wildman–Crippen LogP) is 3.26. The molecule has 0 aromatic heterocycles. The van der Waals surface area contributed by atoms with Crippen molar-refractivity contribution in [3.8, 4) is 0 Å². The highest BCUT2D eigenvalue weighted by Gasteiger charge is 2.41. The smallest absolute Gasteiger partial charge is 0.258 e. The minimum Gasteiger partial charge on any atom is -0.362 e. The summed E-state index contributed by atoms with van der Waals surface area (Å²) in [5.74, 6) is 0.0907. The Balaban J connectivity index is 2.51. The van der Waals surface area contributed by atoms with Gasteiger partial charge in [-0.1, -0.05) is 32.1 Å². The van der Waals surface area contributed by atoms with E-state index in [9.17, 15) is 4.79 Å². The van der Waals surface area contributed by atoms with E-state index in [0.29, 0.717) is 6.54 Å². The first-order valence-corrected chi connectivity index (χ1v) is 6.48. The molecule has 1 aromatic rings. The van der Waals surface area contributed by atoms with Crippen molar-refractivity contribution in [1.29, 1.82) is 0 Å². The van der Waals surface area contributed by atoms with Crippen LogP contribution in [0.15, 0.2) is 36.9 Å².